The number of benzene rings is 2. The second-order valence-electron chi connectivity index (χ2n) is 5.37. The van der Waals surface area contributed by atoms with Crippen molar-refractivity contribution in [1.29, 1.82) is 0 Å². The Balaban J connectivity index is 1.91. The zero-order valence-corrected chi connectivity index (χ0v) is 16.7. The van der Waals surface area contributed by atoms with Crippen LogP contribution in [0, 0.1) is 0 Å². The average molecular weight is 428 g/mol. The number of hydrogen-bond acceptors (Lipinski definition) is 4. The van der Waals surface area contributed by atoms with Crippen LogP contribution in [0.25, 0.3) is 0 Å². The third kappa shape index (κ3) is 5.73. The molecule has 0 saturated carbocycles. The smallest absolute Gasteiger partial charge is 0.244 e. The van der Waals surface area contributed by atoms with Crippen molar-refractivity contribution in [2.75, 3.05) is 20.3 Å². The molecule has 2 aromatic carbocycles. The first-order valence-corrected chi connectivity index (χ1v) is 10.3. The maximum atomic E-state index is 12.5. The molecule has 5 nitrogen and oxygen atoms in total. The summed E-state index contributed by atoms with van der Waals surface area (Å²) in [6, 6.07) is 12.7. The van der Waals surface area contributed by atoms with E-state index in [4.69, 9.17) is 9.47 Å². The van der Waals surface area contributed by atoms with Gasteiger partial charge in [-0.25, -0.2) is 13.1 Å². The van der Waals surface area contributed by atoms with Gasteiger partial charge in [-0.05, 0) is 55.7 Å². The molecule has 0 saturated heterocycles. The molecule has 0 heterocycles. The van der Waals surface area contributed by atoms with Crippen molar-refractivity contribution in [2.24, 2.45) is 0 Å². The topological polar surface area (TPSA) is 64.6 Å². The molecule has 0 bridgehead atoms. The number of ether oxygens (including phenoxy) is 2. The molecule has 1 N–H and O–H groups in total. The molecular weight excluding hydrogens is 406 g/mol. The Bertz CT molecular complexity index is 791. The van der Waals surface area contributed by atoms with Crippen molar-refractivity contribution in [1.82, 2.24) is 4.72 Å². The summed E-state index contributed by atoms with van der Waals surface area (Å²) < 4.78 is 38.8. The van der Waals surface area contributed by atoms with Crippen LogP contribution in [0.3, 0.4) is 0 Å². The molecule has 0 aliphatic heterocycles. The molecule has 0 spiro atoms. The molecule has 2 aromatic rings. The highest BCUT2D eigenvalue weighted by atomic mass is 79.9. The highest BCUT2D eigenvalue weighted by Gasteiger charge is 2.19. The zero-order chi connectivity index (χ0) is 18.3. The van der Waals surface area contributed by atoms with Gasteiger partial charge < -0.3 is 9.47 Å². The summed E-state index contributed by atoms with van der Waals surface area (Å²) >= 11 is 3.29. The van der Waals surface area contributed by atoms with Crippen LogP contribution in [0.15, 0.2) is 51.8 Å². The maximum absolute atomic E-state index is 12.5. The van der Waals surface area contributed by atoms with E-state index in [2.05, 4.69) is 20.7 Å². The molecule has 0 amide bonds. The number of hydrogen-bond donors (Lipinski definition) is 1. The molecule has 0 unspecified atom stereocenters. The SMILES string of the molecule is CCOc1ccc(CCCNS(=O)(=O)c2cc(Br)ccc2OC)cc1. The minimum absolute atomic E-state index is 0.130. The van der Waals surface area contributed by atoms with Crippen LogP contribution >= 0.6 is 15.9 Å². The van der Waals surface area contributed by atoms with Gasteiger partial charge in [0.25, 0.3) is 0 Å². The summed E-state index contributed by atoms with van der Waals surface area (Å²) in [4.78, 5) is 0.130. The highest BCUT2D eigenvalue weighted by molar-refractivity contribution is 9.10. The summed E-state index contributed by atoms with van der Waals surface area (Å²) in [6.45, 7) is 2.94. The number of sulfonamides is 1. The van der Waals surface area contributed by atoms with E-state index in [1.807, 2.05) is 31.2 Å². The lowest BCUT2D eigenvalue weighted by Crippen LogP contribution is -2.25. The Morgan fingerprint density at radius 2 is 1.84 bits per heavy atom. The first kappa shape index (κ1) is 19.8. The molecule has 7 heteroatoms. The van der Waals surface area contributed by atoms with E-state index in [-0.39, 0.29) is 4.90 Å². The van der Waals surface area contributed by atoms with Crippen molar-refractivity contribution in [3.05, 3.63) is 52.5 Å². The summed E-state index contributed by atoms with van der Waals surface area (Å²) in [5.41, 5.74) is 1.14. The first-order valence-electron chi connectivity index (χ1n) is 8.01. The summed E-state index contributed by atoms with van der Waals surface area (Å²) in [7, 11) is -2.17. The third-order valence-corrected chi connectivity index (χ3v) is 5.56. The quantitative estimate of drug-likeness (QED) is 0.618. The van der Waals surface area contributed by atoms with Crippen LogP contribution in [0.5, 0.6) is 11.5 Å². The lowest BCUT2D eigenvalue weighted by molar-refractivity contribution is 0.340. The predicted molar refractivity (Wildman–Crippen MR) is 102 cm³/mol. The van der Waals surface area contributed by atoms with E-state index < -0.39 is 10.0 Å². The highest BCUT2D eigenvalue weighted by Crippen LogP contribution is 2.27. The van der Waals surface area contributed by atoms with E-state index in [0.717, 1.165) is 17.7 Å². The van der Waals surface area contributed by atoms with Crippen LogP contribution in [0.1, 0.15) is 18.9 Å². The Morgan fingerprint density at radius 1 is 1.12 bits per heavy atom. The van der Waals surface area contributed by atoms with Crippen molar-refractivity contribution in [3.8, 4) is 11.5 Å². The first-order chi connectivity index (χ1) is 12.0. The van der Waals surface area contributed by atoms with Gasteiger partial charge in [0.1, 0.15) is 16.4 Å². The van der Waals surface area contributed by atoms with Crippen LogP contribution in [0.4, 0.5) is 0 Å². The standard InChI is InChI=1S/C18H22BrNO4S/c1-3-24-16-9-6-14(7-10-16)5-4-12-20-25(21,22)18-13-15(19)8-11-17(18)23-2/h6-11,13,20H,3-5,12H2,1-2H3. The van der Waals surface area contributed by atoms with Gasteiger partial charge in [-0.3, -0.25) is 0 Å². The van der Waals surface area contributed by atoms with Crippen LogP contribution in [-0.2, 0) is 16.4 Å². The number of nitrogens with one attached hydrogen (secondary N) is 1. The molecule has 0 aromatic heterocycles. The lowest BCUT2D eigenvalue weighted by Gasteiger charge is -2.11. The van der Waals surface area contributed by atoms with Gasteiger partial charge in [-0.1, -0.05) is 28.1 Å². The van der Waals surface area contributed by atoms with Gasteiger partial charge in [0.05, 0.1) is 13.7 Å². The van der Waals surface area contributed by atoms with Crippen molar-refractivity contribution >= 4 is 26.0 Å². The van der Waals surface area contributed by atoms with Crippen molar-refractivity contribution in [2.45, 2.75) is 24.7 Å². The number of rotatable bonds is 9. The molecule has 0 aliphatic rings. The fourth-order valence-electron chi connectivity index (χ4n) is 2.36. The van der Waals surface area contributed by atoms with Gasteiger partial charge in [0, 0.05) is 11.0 Å². The van der Waals surface area contributed by atoms with E-state index in [1.54, 1.807) is 12.1 Å². The van der Waals surface area contributed by atoms with Crippen molar-refractivity contribution < 1.29 is 17.9 Å². The molecule has 0 atom stereocenters. The van der Waals surface area contributed by atoms with Gasteiger partial charge in [-0.15, -0.1) is 0 Å². The molecule has 2 rings (SSSR count). The van der Waals surface area contributed by atoms with Gasteiger partial charge >= 0.3 is 0 Å². The second kappa shape index (κ2) is 9.22. The largest absolute Gasteiger partial charge is 0.495 e. The van der Waals surface area contributed by atoms with Crippen LogP contribution in [0.2, 0.25) is 0 Å². The van der Waals surface area contributed by atoms with Gasteiger partial charge in [0.15, 0.2) is 0 Å². The Kier molecular flexibility index (Phi) is 7.28. The van der Waals surface area contributed by atoms with Crippen molar-refractivity contribution in [3.63, 3.8) is 0 Å². The predicted octanol–water partition coefficient (Wildman–Crippen LogP) is 3.77. The minimum atomic E-state index is -3.62. The molecule has 0 radical (unpaired) electrons. The van der Waals surface area contributed by atoms with E-state index >= 15 is 0 Å². The Hall–Kier alpha value is -1.57. The normalized spacial score (nSPS) is 11.3. The maximum Gasteiger partial charge on any atom is 0.244 e. The van der Waals surface area contributed by atoms with Crippen LogP contribution < -0.4 is 14.2 Å². The third-order valence-electron chi connectivity index (χ3n) is 3.58. The fourth-order valence-corrected chi connectivity index (χ4v) is 4.14. The lowest BCUT2D eigenvalue weighted by atomic mass is 10.1. The molecular formula is C18H22BrNO4S. The molecule has 0 aliphatic carbocycles. The number of halogens is 1. The monoisotopic (exact) mass is 427 g/mol. The van der Waals surface area contributed by atoms with E-state index in [0.29, 0.717) is 29.8 Å². The summed E-state index contributed by atoms with van der Waals surface area (Å²) in [5, 5.41) is 0. The Labute approximate surface area is 157 Å². The average Bonchev–Trinajstić information content (AvgIpc) is 2.60. The molecule has 136 valence electrons. The summed E-state index contributed by atoms with van der Waals surface area (Å²) in [5.74, 6) is 1.16. The van der Waals surface area contributed by atoms with E-state index in [9.17, 15) is 8.42 Å². The van der Waals surface area contributed by atoms with E-state index in [1.165, 1.54) is 13.2 Å². The summed E-state index contributed by atoms with van der Waals surface area (Å²) in [6.07, 6.45) is 1.48. The molecule has 0 fully saturated rings. The van der Waals surface area contributed by atoms with Gasteiger partial charge in [0.2, 0.25) is 10.0 Å². The molecule has 25 heavy (non-hydrogen) atoms. The zero-order valence-electron chi connectivity index (χ0n) is 14.3. The Morgan fingerprint density at radius 3 is 2.48 bits per heavy atom. The number of aryl methyl sites for hydroxylation is 1. The second-order valence-corrected chi connectivity index (χ2v) is 8.02. The van der Waals surface area contributed by atoms with Crippen LogP contribution in [-0.4, -0.2) is 28.7 Å². The number of methoxy groups -OCH3 is 1. The minimum Gasteiger partial charge on any atom is -0.495 e. The van der Waals surface area contributed by atoms with Gasteiger partial charge in [-0.2, -0.15) is 0 Å². The fraction of sp³-hybridized carbons (Fsp3) is 0.333.